The minimum atomic E-state index is -0.0946. The number of hydrogen-bond acceptors (Lipinski definition) is 5. The maximum Gasteiger partial charge on any atom is 0.164 e. The van der Waals surface area contributed by atoms with E-state index in [-0.39, 0.29) is 5.41 Å². The quantitative estimate of drug-likeness (QED) is 0.144. The molecular formula is C64H45N5. The van der Waals surface area contributed by atoms with Crippen molar-refractivity contribution in [3.8, 4) is 113 Å². The second-order valence-corrected chi connectivity index (χ2v) is 18.1. The molecule has 9 aromatic carbocycles. The van der Waals surface area contributed by atoms with E-state index in [4.69, 9.17) is 24.9 Å². The van der Waals surface area contributed by atoms with Gasteiger partial charge < -0.3 is 0 Å². The molecule has 0 atom stereocenters. The Morgan fingerprint density at radius 3 is 1.19 bits per heavy atom. The van der Waals surface area contributed by atoms with Crippen LogP contribution in [0.15, 0.2) is 237 Å². The highest BCUT2D eigenvalue weighted by Crippen LogP contribution is 2.49. The Morgan fingerprint density at radius 2 is 0.609 bits per heavy atom. The third-order valence-electron chi connectivity index (χ3n) is 13.3. The Hall–Kier alpha value is -8.93. The van der Waals surface area contributed by atoms with Gasteiger partial charge in [-0.2, -0.15) is 0 Å². The van der Waals surface area contributed by atoms with Gasteiger partial charge in [-0.3, -0.25) is 0 Å². The average Bonchev–Trinajstić information content (AvgIpc) is 3.66. The SMILES string of the molecule is CC1(C)c2ccccc2-c2cc(-c3nc(-c4ccccc4)nc(-c4cccc(-c5cccc(-c6cc(-c7cc(-c8ccccc8)cc(-c8ccccc8)c7)nc(-c7ccccc7)n6)c5)c4)n3)ccc21. The molecule has 11 aromatic rings. The minimum absolute atomic E-state index is 0.0946. The summed E-state index contributed by atoms with van der Waals surface area (Å²) in [6.07, 6.45) is 0. The van der Waals surface area contributed by atoms with Crippen LogP contribution in [0.25, 0.3) is 113 Å². The van der Waals surface area contributed by atoms with E-state index < -0.39 is 0 Å². The van der Waals surface area contributed by atoms with E-state index in [1.807, 2.05) is 36.4 Å². The van der Waals surface area contributed by atoms with E-state index in [1.54, 1.807) is 0 Å². The highest BCUT2D eigenvalue weighted by atomic mass is 15.0. The summed E-state index contributed by atoms with van der Waals surface area (Å²) in [5.41, 5.74) is 19.1. The van der Waals surface area contributed by atoms with Crippen molar-refractivity contribution in [2.24, 2.45) is 0 Å². The van der Waals surface area contributed by atoms with Crippen molar-refractivity contribution in [2.45, 2.75) is 19.3 Å². The lowest BCUT2D eigenvalue weighted by atomic mass is 9.82. The van der Waals surface area contributed by atoms with Crippen molar-refractivity contribution in [1.82, 2.24) is 24.9 Å². The fraction of sp³-hybridized carbons (Fsp3) is 0.0469. The lowest BCUT2D eigenvalue weighted by molar-refractivity contribution is 0.660. The zero-order valence-electron chi connectivity index (χ0n) is 38.3. The first kappa shape index (κ1) is 41.5. The van der Waals surface area contributed by atoms with Gasteiger partial charge in [-0.1, -0.05) is 208 Å². The highest BCUT2D eigenvalue weighted by molar-refractivity contribution is 5.85. The summed E-state index contributed by atoms with van der Waals surface area (Å²) in [5, 5.41) is 0. The molecule has 326 valence electrons. The Balaban J connectivity index is 0.952. The van der Waals surface area contributed by atoms with Crippen LogP contribution in [-0.2, 0) is 5.41 Å². The summed E-state index contributed by atoms with van der Waals surface area (Å²) in [7, 11) is 0. The lowest BCUT2D eigenvalue weighted by Crippen LogP contribution is -2.14. The first-order valence-electron chi connectivity index (χ1n) is 23.4. The van der Waals surface area contributed by atoms with Crippen LogP contribution in [0.2, 0.25) is 0 Å². The predicted octanol–water partition coefficient (Wildman–Crippen LogP) is 16.0. The highest BCUT2D eigenvalue weighted by Gasteiger charge is 2.35. The molecule has 0 spiro atoms. The van der Waals surface area contributed by atoms with E-state index in [1.165, 1.54) is 22.3 Å². The molecule has 0 bridgehead atoms. The van der Waals surface area contributed by atoms with Gasteiger partial charge in [-0.05, 0) is 98.1 Å². The van der Waals surface area contributed by atoms with Gasteiger partial charge in [0, 0.05) is 38.8 Å². The Morgan fingerprint density at radius 1 is 0.232 bits per heavy atom. The van der Waals surface area contributed by atoms with Gasteiger partial charge in [0.25, 0.3) is 0 Å². The molecule has 69 heavy (non-hydrogen) atoms. The Labute approximate surface area is 402 Å². The van der Waals surface area contributed by atoms with Crippen molar-refractivity contribution >= 4 is 0 Å². The summed E-state index contributed by atoms with van der Waals surface area (Å²) in [6.45, 7) is 4.60. The molecule has 12 rings (SSSR count). The summed E-state index contributed by atoms with van der Waals surface area (Å²) >= 11 is 0. The van der Waals surface area contributed by atoms with Crippen LogP contribution in [-0.4, -0.2) is 24.9 Å². The van der Waals surface area contributed by atoms with Gasteiger partial charge in [0.2, 0.25) is 0 Å². The Bertz CT molecular complexity index is 3620. The predicted molar refractivity (Wildman–Crippen MR) is 282 cm³/mol. The second kappa shape index (κ2) is 17.4. The first-order chi connectivity index (χ1) is 33.9. The standard InChI is InChI=1S/C64H45N5/c1-64(2)56-32-16-15-31-54(56)55-40-50(33-34-57(55)64)63-68-61(45-25-13-6-14-26-45)67-62(69-63)49-30-18-28-47(36-49)46-27-17-29-48(35-46)58-41-59(66-60(65-58)44-23-11-5-12-24-44)53-38-51(42-19-7-3-8-20-42)37-52(39-53)43-21-9-4-10-22-43/h3-41H,1-2H3. The number of hydrogen-bond donors (Lipinski definition) is 0. The minimum Gasteiger partial charge on any atom is -0.228 e. The van der Waals surface area contributed by atoms with Crippen LogP contribution in [0.1, 0.15) is 25.0 Å². The summed E-state index contributed by atoms with van der Waals surface area (Å²) in [5.74, 6) is 2.54. The number of aromatic nitrogens is 5. The molecule has 0 N–H and O–H groups in total. The summed E-state index contributed by atoms with van der Waals surface area (Å²) in [6, 6.07) is 82.8. The van der Waals surface area contributed by atoms with Gasteiger partial charge in [0.1, 0.15) is 0 Å². The molecule has 0 aliphatic heterocycles. The number of nitrogens with zero attached hydrogens (tertiary/aromatic N) is 5. The largest absolute Gasteiger partial charge is 0.228 e. The fourth-order valence-corrected chi connectivity index (χ4v) is 9.73. The summed E-state index contributed by atoms with van der Waals surface area (Å²) in [4.78, 5) is 25.9. The van der Waals surface area contributed by atoms with Crippen LogP contribution in [0.4, 0.5) is 0 Å². The normalized spacial score (nSPS) is 12.3. The third-order valence-corrected chi connectivity index (χ3v) is 13.3. The van der Waals surface area contributed by atoms with Crippen molar-refractivity contribution < 1.29 is 0 Å². The van der Waals surface area contributed by atoms with E-state index >= 15 is 0 Å². The first-order valence-corrected chi connectivity index (χ1v) is 23.4. The van der Waals surface area contributed by atoms with Crippen LogP contribution in [0.5, 0.6) is 0 Å². The van der Waals surface area contributed by atoms with Crippen molar-refractivity contribution in [1.29, 1.82) is 0 Å². The molecule has 5 nitrogen and oxygen atoms in total. The molecule has 0 unspecified atom stereocenters. The van der Waals surface area contributed by atoms with Gasteiger partial charge in [-0.15, -0.1) is 0 Å². The Kier molecular flexibility index (Phi) is 10.4. The smallest absolute Gasteiger partial charge is 0.164 e. The molecule has 0 amide bonds. The molecule has 0 saturated heterocycles. The fourth-order valence-electron chi connectivity index (χ4n) is 9.73. The van der Waals surface area contributed by atoms with Gasteiger partial charge in [0.15, 0.2) is 23.3 Å². The van der Waals surface area contributed by atoms with E-state index in [9.17, 15) is 0 Å². The topological polar surface area (TPSA) is 64.5 Å². The second-order valence-electron chi connectivity index (χ2n) is 18.1. The third kappa shape index (κ3) is 8.00. The van der Waals surface area contributed by atoms with Crippen molar-refractivity contribution in [3.05, 3.63) is 248 Å². The van der Waals surface area contributed by atoms with Crippen LogP contribution in [0.3, 0.4) is 0 Å². The number of benzene rings is 9. The maximum atomic E-state index is 5.26. The molecule has 0 radical (unpaired) electrons. The molecule has 1 aliphatic carbocycles. The molecule has 2 heterocycles. The monoisotopic (exact) mass is 883 g/mol. The van der Waals surface area contributed by atoms with E-state index in [0.717, 1.165) is 78.1 Å². The van der Waals surface area contributed by atoms with Crippen molar-refractivity contribution in [2.75, 3.05) is 0 Å². The van der Waals surface area contributed by atoms with Crippen LogP contribution >= 0.6 is 0 Å². The van der Waals surface area contributed by atoms with Gasteiger partial charge in [0.05, 0.1) is 11.4 Å². The molecule has 0 saturated carbocycles. The number of fused-ring (bicyclic) bond motifs is 3. The van der Waals surface area contributed by atoms with E-state index in [0.29, 0.717) is 23.3 Å². The maximum absolute atomic E-state index is 5.26. The van der Waals surface area contributed by atoms with Crippen molar-refractivity contribution in [3.63, 3.8) is 0 Å². The van der Waals surface area contributed by atoms with Gasteiger partial charge >= 0.3 is 0 Å². The molecule has 1 aliphatic rings. The molecule has 0 fully saturated rings. The number of rotatable bonds is 9. The van der Waals surface area contributed by atoms with E-state index in [2.05, 4.69) is 214 Å². The summed E-state index contributed by atoms with van der Waals surface area (Å²) < 4.78 is 0. The van der Waals surface area contributed by atoms with Crippen LogP contribution < -0.4 is 0 Å². The zero-order chi connectivity index (χ0) is 46.3. The van der Waals surface area contributed by atoms with Gasteiger partial charge in [-0.25, -0.2) is 24.9 Å². The zero-order valence-corrected chi connectivity index (χ0v) is 38.3. The molecule has 2 aromatic heterocycles. The molecular weight excluding hydrogens is 839 g/mol. The molecule has 5 heteroatoms. The average molecular weight is 884 g/mol. The van der Waals surface area contributed by atoms with Crippen LogP contribution in [0, 0.1) is 0 Å². The lowest BCUT2D eigenvalue weighted by Gasteiger charge is -2.21.